The van der Waals surface area contributed by atoms with E-state index < -0.39 is 0 Å². The predicted molar refractivity (Wildman–Crippen MR) is 73.8 cm³/mol. The van der Waals surface area contributed by atoms with Gasteiger partial charge in [-0.25, -0.2) is 0 Å². The molecule has 5 heteroatoms. The van der Waals surface area contributed by atoms with Crippen LogP contribution in [0, 0.1) is 0 Å². The molecular formula is C12H13Cl2NOS. The highest BCUT2D eigenvalue weighted by atomic mass is 35.5. The first-order chi connectivity index (χ1) is 8.15. The Labute approximate surface area is 115 Å². The molecule has 0 atom stereocenters. The molecule has 2 nitrogen and oxygen atoms in total. The van der Waals surface area contributed by atoms with Crippen LogP contribution in [0.15, 0.2) is 18.2 Å². The molecule has 1 aromatic rings. The molecule has 0 spiro atoms. The zero-order valence-corrected chi connectivity index (χ0v) is 11.5. The molecule has 1 aromatic carbocycles. The first kappa shape index (κ1) is 13.1. The molecule has 0 aliphatic heterocycles. The molecule has 1 saturated carbocycles. The zero-order chi connectivity index (χ0) is 12.3. The molecule has 92 valence electrons. The Kier molecular flexibility index (Phi) is 4.60. The van der Waals surface area contributed by atoms with E-state index in [0.29, 0.717) is 21.8 Å². The van der Waals surface area contributed by atoms with Crippen LogP contribution in [0.2, 0.25) is 10.0 Å². The van der Waals surface area contributed by atoms with Crippen LogP contribution in [0.4, 0.5) is 0 Å². The number of benzene rings is 1. The van der Waals surface area contributed by atoms with Crippen LogP contribution in [0.5, 0.6) is 0 Å². The van der Waals surface area contributed by atoms with Gasteiger partial charge in [-0.15, -0.1) is 11.8 Å². The molecule has 1 aliphatic rings. The molecule has 1 fully saturated rings. The zero-order valence-electron chi connectivity index (χ0n) is 9.21. The van der Waals surface area contributed by atoms with Crippen molar-refractivity contribution in [3.8, 4) is 0 Å². The average Bonchev–Trinajstić information content (AvgIpc) is 3.07. The maximum absolute atomic E-state index is 11.4. The standard InChI is InChI=1S/C12H13Cl2NOS/c13-10-4-1-8(5-11(10)14)6-17-7-12(16)15-9-2-3-9/h1,4-5,9H,2-3,6-7H2,(H,15,16). The van der Waals surface area contributed by atoms with Crippen molar-refractivity contribution >= 4 is 40.9 Å². The van der Waals surface area contributed by atoms with Gasteiger partial charge < -0.3 is 5.32 Å². The Morgan fingerprint density at radius 3 is 2.76 bits per heavy atom. The van der Waals surface area contributed by atoms with E-state index in [4.69, 9.17) is 23.2 Å². The topological polar surface area (TPSA) is 29.1 Å². The van der Waals surface area contributed by atoms with Crippen LogP contribution in [-0.2, 0) is 10.5 Å². The minimum absolute atomic E-state index is 0.123. The number of carbonyl (C=O) groups is 1. The lowest BCUT2D eigenvalue weighted by Gasteiger charge is -2.04. The van der Waals surface area contributed by atoms with Gasteiger partial charge in [-0.1, -0.05) is 29.3 Å². The fourth-order valence-electron chi connectivity index (χ4n) is 1.39. The summed E-state index contributed by atoms with van der Waals surface area (Å²) in [5, 5.41) is 4.08. The highest BCUT2D eigenvalue weighted by Gasteiger charge is 2.22. The lowest BCUT2D eigenvalue weighted by atomic mass is 10.2. The Morgan fingerprint density at radius 2 is 2.12 bits per heavy atom. The maximum Gasteiger partial charge on any atom is 0.230 e. The average molecular weight is 290 g/mol. The van der Waals surface area contributed by atoms with E-state index in [2.05, 4.69) is 5.32 Å². The summed E-state index contributed by atoms with van der Waals surface area (Å²) < 4.78 is 0. The van der Waals surface area contributed by atoms with Crippen molar-refractivity contribution in [1.29, 1.82) is 0 Å². The highest BCUT2D eigenvalue weighted by molar-refractivity contribution is 7.99. The van der Waals surface area contributed by atoms with Gasteiger partial charge in [0.25, 0.3) is 0 Å². The Bertz CT molecular complexity index is 421. The van der Waals surface area contributed by atoms with E-state index in [0.717, 1.165) is 24.2 Å². The molecule has 1 amide bonds. The van der Waals surface area contributed by atoms with Crippen molar-refractivity contribution < 1.29 is 4.79 Å². The largest absolute Gasteiger partial charge is 0.353 e. The number of carbonyl (C=O) groups excluding carboxylic acids is 1. The quantitative estimate of drug-likeness (QED) is 0.899. The number of hydrogen-bond donors (Lipinski definition) is 1. The van der Waals surface area contributed by atoms with Crippen molar-refractivity contribution in [3.05, 3.63) is 33.8 Å². The lowest BCUT2D eigenvalue weighted by Crippen LogP contribution is -2.27. The third-order valence-electron chi connectivity index (χ3n) is 2.43. The van der Waals surface area contributed by atoms with Crippen molar-refractivity contribution in [2.24, 2.45) is 0 Å². The van der Waals surface area contributed by atoms with Gasteiger partial charge in [0, 0.05) is 11.8 Å². The van der Waals surface area contributed by atoms with E-state index in [-0.39, 0.29) is 5.91 Å². The third kappa shape index (κ3) is 4.41. The molecule has 0 unspecified atom stereocenters. The molecule has 0 radical (unpaired) electrons. The van der Waals surface area contributed by atoms with Crippen molar-refractivity contribution in [1.82, 2.24) is 5.32 Å². The van der Waals surface area contributed by atoms with Gasteiger partial charge in [0.05, 0.1) is 15.8 Å². The Hall–Kier alpha value is -0.380. The second-order valence-electron chi connectivity index (χ2n) is 4.08. The molecule has 1 N–H and O–H groups in total. The Balaban J connectivity index is 1.73. The second kappa shape index (κ2) is 5.98. The fourth-order valence-corrected chi connectivity index (χ4v) is 2.49. The van der Waals surface area contributed by atoms with Crippen LogP contribution < -0.4 is 5.32 Å². The van der Waals surface area contributed by atoms with Gasteiger partial charge in [0.1, 0.15) is 0 Å². The fraction of sp³-hybridized carbons (Fsp3) is 0.417. The van der Waals surface area contributed by atoms with E-state index >= 15 is 0 Å². The SMILES string of the molecule is O=C(CSCc1ccc(Cl)c(Cl)c1)NC1CC1. The van der Waals surface area contributed by atoms with E-state index in [1.165, 1.54) is 0 Å². The number of nitrogens with one attached hydrogen (secondary N) is 1. The van der Waals surface area contributed by atoms with E-state index in [1.54, 1.807) is 17.8 Å². The van der Waals surface area contributed by atoms with Gasteiger partial charge in [-0.05, 0) is 30.5 Å². The highest BCUT2D eigenvalue weighted by Crippen LogP contribution is 2.24. The first-order valence-electron chi connectivity index (χ1n) is 5.46. The molecule has 17 heavy (non-hydrogen) atoms. The van der Waals surface area contributed by atoms with E-state index in [1.807, 2.05) is 12.1 Å². The normalized spacial score (nSPS) is 14.7. The minimum Gasteiger partial charge on any atom is -0.353 e. The summed E-state index contributed by atoms with van der Waals surface area (Å²) in [6.07, 6.45) is 2.26. The first-order valence-corrected chi connectivity index (χ1v) is 7.37. The van der Waals surface area contributed by atoms with Gasteiger partial charge in [-0.2, -0.15) is 0 Å². The van der Waals surface area contributed by atoms with Gasteiger partial charge in [0.2, 0.25) is 5.91 Å². The minimum atomic E-state index is 0.123. The molecule has 2 rings (SSSR count). The number of hydrogen-bond acceptors (Lipinski definition) is 2. The van der Waals surface area contributed by atoms with Crippen molar-refractivity contribution in [2.45, 2.75) is 24.6 Å². The van der Waals surface area contributed by atoms with Crippen LogP contribution >= 0.6 is 35.0 Å². The number of amides is 1. The van der Waals surface area contributed by atoms with Crippen LogP contribution in [0.3, 0.4) is 0 Å². The molecule has 0 saturated heterocycles. The van der Waals surface area contributed by atoms with Gasteiger partial charge in [0.15, 0.2) is 0 Å². The summed E-state index contributed by atoms with van der Waals surface area (Å²) in [4.78, 5) is 11.4. The summed E-state index contributed by atoms with van der Waals surface area (Å²) in [6.45, 7) is 0. The van der Waals surface area contributed by atoms with Crippen LogP contribution in [-0.4, -0.2) is 17.7 Å². The van der Waals surface area contributed by atoms with E-state index in [9.17, 15) is 4.79 Å². The summed E-state index contributed by atoms with van der Waals surface area (Å²) in [6, 6.07) is 5.99. The molecule has 0 heterocycles. The monoisotopic (exact) mass is 289 g/mol. The van der Waals surface area contributed by atoms with Crippen molar-refractivity contribution in [3.63, 3.8) is 0 Å². The van der Waals surface area contributed by atoms with Gasteiger partial charge >= 0.3 is 0 Å². The Morgan fingerprint density at radius 1 is 1.35 bits per heavy atom. The third-order valence-corrected chi connectivity index (χ3v) is 4.17. The molecule has 1 aliphatic carbocycles. The summed E-state index contributed by atoms with van der Waals surface area (Å²) in [7, 11) is 0. The predicted octanol–water partition coefficient (Wildman–Crippen LogP) is 3.51. The second-order valence-corrected chi connectivity index (χ2v) is 5.88. The number of thioether (sulfide) groups is 1. The molecular weight excluding hydrogens is 277 g/mol. The number of halogens is 2. The van der Waals surface area contributed by atoms with Gasteiger partial charge in [-0.3, -0.25) is 4.79 Å². The summed E-state index contributed by atoms with van der Waals surface area (Å²) in [5.41, 5.74) is 1.09. The summed E-state index contributed by atoms with van der Waals surface area (Å²) in [5.74, 6) is 1.39. The summed E-state index contributed by atoms with van der Waals surface area (Å²) >= 11 is 13.3. The van der Waals surface area contributed by atoms with Crippen LogP contribution in [0.25, 0.3) is 0 Å². The molecule has 0 aromatic heterocycles. The smallest absolute Gasteiger partial charge is 0.230 e. The lowest BCUT2D eigenvalue weighted by molar-refractivity contribution is -0.118. The number of rotatable bonds is 5. The van der Waals surface area contributed by atoms with Crippen LogP contribution in [0.1, 0.15) is 18.4 Å². The maximum atomic E-state index is 11.4. The van der Waals surface area contributed by atoms with Crippen molar-refractivity contribution in [2.75, 3.05) is 5.75 Å². The molecule has 0 bridgehead atoms.